The van der Waals surface area contributed by atoms with Crippen LogP contribution in [-0.2, 0) is 0 Å². The number of carbonyl (C=O) groups is 1. The summed E-state index contributed by atoms with van der Waals surface area (Å²) in [4.78, 5) is 26.0. The van der Waals surface area contributed by atoms with Crippen LogP contribution in [0.5, 0.6) is 0 Å². The molecule has 1 N–H and O–H groups in total. The molecule has 0 radical (unpaired) electrons. The van der Waals surface area contributed by atoms with Gasteiger partial charge in [-0.25, -0.2) is 9.97 Å². The van der Waals surface area contributed by atoms with Crippen molar-refractivity contribution >= 4 is 22.9 Å². The highest BCUT2D eigenvalue weighted by Crippen LogP contribution is 2.22. The van der Waals surface area contributed by atoms with Gasteiger partial charge in [-0.15, -0.1) is 11.3 Å². The fourth-order valence-electron chi connectivity index (χ4n) is 3.21. The summed E-state index contributed by atoms with van der Waals surface area (Å²) in [6, 6.07) is 6.07. The molecule has 138 valence electrons. The average molecular weight is 372 g/mol. The molecule has 0 aliphatic carbocycles. The highest BCUT2D eigenvalue weighted by molar-refractivity contribution is 7.12. The molecule has 0 amide bonds. The van der Waals surface area contributed by atoms with Crippen molar-refractivity contribution in [2.24, 2.45) is 0 Å². The monoisotopic (exact) mass is 372 g/mol. The normalized spacial score (nSPS) is 22.0. The third-order valence-corrected chi connectivity index (χ3v) is 5.39. The summed E-state index contributed by atoms with van der Waals surface area (Å²) in [6.45, 7) is 7.52. The van der Waals surface area contributed by atoms with Crippen molar-refractivity contribution in [1.82, 2.24) is 14.9 Å². The number of hydrogen-bond acceptors (Lipinski definition) is 7. The van der Waals surface area contributed by atoms with Gasteiger partial charge in [-0.05, 0) is 38.3 Å². The Morgan fingerprint density at radius 3 is 2.69 bits per heavy atom. The van der Waals surface area contributed by atoms with Crippen molar-refractivity contribution < 1.29 is 9.90 Å². The number of aliphatic hydroxyl groups excluding tert-OH is 1. The maximum Gasteiger partial charge on any atom is 0.197 e. The first-order chi connectivity index (χ1) is 12.5. The minimum Gasteiger partial charge on any atom is -0.385 e. The highest BCUT2D eigenvalue weighted by Gasteiger charge is 2.28. The molecule has 3 rings (SSSR count). The van der Waals surface area contributed by atoms with Gasteiger partial charge < -0.3 is 14.9 Å². The van der Waals surface area contributed by atoms with Gasteiger partial charge in [0.15, 0.2) is 11.6 Å². The van der Waals surface area contributed by atoms with E-state index < -0.39 is 6.10 Å². The smallest absolute Gasteiger partial charge is 0.197 e. The topological polar surface area (TPSA) is 69.6 Å². The van der Waals surface area contributed by atoms with E-state index in [4.69, 9.17) is 0 Å². The number of aromatic nitrogens is 2. The van der Waals surface area contributed by atoms with Crippen LogP contribution < -0.4 is 4.90 Å². The minimum absolute atomic E-state index is 0.0409. The fraction of sp³-hybridized carbons (Fsp3) is 0.421. The van der Waals surface area contributed by atoms with E-state index >= 15 is 0 Å². The molecule has 0 aromatic carbocycles. The van der Waals surface area contributed by atoms with Gasteiger partial charge >= 0.3 is 0 Å². The zero-order valence-electron chi connectivity index (χ0n) is 15.2. The second-order valence-electron chi connectivity index (χ2n) is 6.66. The number of anilines is 1. The fourth-order valence-corrected chi connectivity index (χ4v) is 3.86. The summed E-state index contributed by atoms with van der Waals surface area (Å²) in [7, 11) is 0. The van der Waals surface area contributed by atoms with Crippen molar-refractivity contribution in [2.75, 3.05) is 18.0 Å². The van der Waals surface area contributed by atoms with Crippen LogP contribution in [0.3, 0.4) is 0 Å². The second-order valence-corrected chi connectivity index (χ2v) is 7.60. The Balaban J connectivity index is 1.69. The molecule has 0 bridgehead atoms. The Kier molecular flexibility index (Phi) is 5.68. The molecule has 7 heteroatoms. The third kappa shape index (κ3) is 4.11. The van der Waals surface area contributed by atoms with Crippen LogP contribution in [0.1, 0.15) is 42.4 Å². The number of rotatable bonds is 5. The molecule has 0 unspecified atom stereocenters. The average Bonchev–Trinajstić information content (AvgIpc) is 3.15. The van der Waals surface area contributed by atoms with Gasteiger partial charge in [0.25, 0.3) is 0 Å². The number of nitrogens with zero attached hydrogens (tertiary/aromatic N) is 4. The summed E-state index contributed by atoms with van der Waals surface area (Å²) in [6.07, 6.45) is 4.57. The molecule has 6 nitrogen and oxygen atoms in total. The first-order valence-electron chi connectivity index (χ1n) is 8.75. The molecule has 2 aromatic rings. The first-order valence-corrected chi connectivity index (χ1v) is 9.63. The molecular formula is C19H24N4O2S. The lowest BCUT2D eigenvalue weighted by atomic mass is 10.1. The standard InChI is InChI=1S/C19H24N4O2S/c1-13-11-22(18-6-8-20-19(21-18)15(3)24)12-14(2)23(13)9-7-16(25)17-5-4-10-26-17/h4-10,13-15,24H,11-12H2,1-3H3/t13-,14+,15-/m1/s1. The summed E-state index contributed by atoms with van der Waals surface area (Å²) in [5, 5.41) is 11.6. The molecule has 3 heterocycles. The molecule has 1 aliphatic rings. The van der Waals surface area contributed by atoms with E-state index in [-0.39, 0.29) is 17.9 Å². The van der Waals surface area contributed by atoms with Crippen LogP contribution in [-0.4, -0.2) is 50.9 Å². The molecular weight excluding hydrogens is 348 g/mol. The van der Waals surface area contributed by atoms with E-state index in [1.165, 1.54) is 11.3 Å². The molecule has 0 spiro atoms. The van der Waals surface area contributed by atoms with E-state index in [0.29, 0.717) is 5.82 Å². The highest BCUT2D eigenvalue weighted by atomic mass is 32.1. The van der Waals surface area contributed by atoms with Crippen LogP contribution in [0.25, 0.3) is 0 Å². The quantitative estimate of drug-likeness (QED) is 0.643. The Morgan fingerprint density at radius 2 is 2.08 bits per heavy atom. The van der Waals surface area contributed by atoms with Gasteiger partial charge in [0.1, 0.15) is 11.9 Å². The maximum atomic E-state index is 12.2. The van der Waals surface area contributed by atoms with Crippen LogP contribution in [0.2, 0.25) is 0 Å². The van der Waals surface area contributed by atoms with Crippen molar-refractivity contribution in [3.8, 4) is 0 Å². The van der Waals surface area contributed by atoms with Gasteiger partial charge in [-0.3, -0.25) is 4.79 Å². The summed E-state index contributed by atoms with van der Waals surface area (Å²) >= 11 is 1.46. The summed E-state index contributed by atoms with van der Waals surface area (Å²) in [5.74, 6) is 1.30. The van der Waals surface area contributed by atoms with Gasteiger partial charge in [-0.1, -0.05) is 6.07 Å². The van der Waals surface area contributed by atoms with E-state index in [0.717, 1.165) is 23.8 Å². The Morgan fingerprint density at radius 1 is 1.35 bits per heavy atom. The van der Waals surface area contributed by atoms with E-state index in [9.17, 15) is 9.90 Å². The van der Waals surface area contributed by atoms with E-state index in [2.05, 4.69) is 33.6 Å². The number of piperazine rings is 1. The molecule has 3 atom stereocenters. The Labute approximate surface area is 157 Å². The molecule has 1 aliphatic heterocycles. The number of allylic oxidation sites excluding steroid dienone is 1. The van der Waals surface area contributed by atoms with E-state index in [1.54, 1.807) is 19.2 Å². The summed E-state index contributed by atoms with van der Waals surface area (Å²) in [5.41, 5.74) is 0. The number of ketones is 1. The van der Waals surface area contributed by atoms with Crippen LogP contribution in [0.4, 0.5) is 5.82 Å². The SMILES string of the molecule is C[C@@H]1CN(c2ccnc([C@@H](C)O)n2)C[C@H](C)N1C=CC(=O)c1cccs1. The maximum absolute atomic E-state index is 12.2. The molecule has 0 saturated carbocycles. The van der Waals surface area contributed by atoms with Gasteiger partial charge in [0.05, 0.1) is 4.88 Å². The van der Waals surface area contributed by atoms with E-state index in [1.807, 2.05) is 29.8 Å². The van der Waals surface area contributed by atoms with Crippen molar-refractivity contribution in [2.45, 2.75) is 39.0 Å². The van der Waals surface area contributed by atoms with Crippen molar-refractivity contribution in [3.05, 3.63) is 52.8 Å². The van der Waals surface area contributed by atoms with Crippen molar-refractivity contribution in [3.63, 3.8) is 0 Å². The predicted octanol–water partition coefficient (Wildman–Crippen LogP) is 2.89. The zero-order chi connectivity index (χ0) is 18.7. The third-order valence-electron chi connectivity index (χ3n) is 4.51. The lowest BCUT2D eigenvalue weighted by Crippen LogP contribution is -2.54. The number of carbonyl (C=O) groups excluding carboxylic acids is 1. The molecule has 2 aromatic heterocycles. The Bertz CT molecular complexity index is 764. The second kappa shape index (κ2) is 7.97. The lowest BCUT2D eigenvalue weighted by Gasteiger charge is -2.44. The lowest BCUT2D eigenvalue weighted by molar-refractivity contribution is 0.104. The Hall–Kier alpha value is -2.25. The largest absolute Gasteiger partial charge is 0.385 e. The number of aliphatic hydroxyl groups is 1. The molecule has 1 saturated heterocycles. The van der Waals surface area contributed by atoms with Gasteiger partial charge in [-0.2, -0.15) is 0 Å². The predicted molar refractivity (Wildman–Crippen MR) is 103 cm³/mol. The van der Waals surface area contributed by atoms with Crippen molar-refractivity contribution in [1.29, 1.82) is 0 Å². The number of thiophene rings is 1. The van der Waals surface area contributed by atoms with Crippen LogP contribution in [0.15, 0.2) is 42.1 Å². The molecule has 1 fully saturated rings. The summed E-state index contributed by atoms with van der Waals surface area (Å²) < 4.78 is 0. The molecule has 26 heavy (non-hydrogen) atoms. The van der Waals surface area contributed by atoms with Crippen LogP contribution in [0, 0.1) is 0 Å². The first kappa shape index (κ1) is 18.5. The van der Waals surface area contributed by atoms with Gasteiger partial charge in [0.2, 0.25) is 0 Å². The van der Waals surface area contributed by atoms with Crippen LogP contribution >= 0.6 is 11.3 Å². The minimum atomic E-state index is -0.683. The number of hydrogen-bond donors (Lipinski definition) is 1. The van der Waals surface area contributed by atoms with Gasteiger partial charge in [0, 0.05) is 43.6 Å². The zero-order valence-corrected chi connectivity index (χ0v) is 16.1.